The van der Waals surface area contributed by atoms with Gasteiger partial charge in [-0.25, -0.2) is 0 Å². The number of nitrogens with one attached hydrogen (secondary N) is 3. The van der Waals surface area contributed by atoms with Crippen LogP contribution < -0.4 is 16.0 Å². The normalized spacial score (nSPS) is 17.8. The largest absolute Gasteiger partial charge is 0.379 e. The van der Waals surface area contributed by atoms with Gasteiger partial charge in [0.15, 0.2) is 17.2 Å². The first-order chi connectivity index (χ1) is 22.5. The molecule has 13 nitrogen and oxygen atoms in total. The molecule has 1 aromatic carbocycles. The number of benzene rings is 1. The number of hydrogen-bond donors (Lipinski definition) is 3. The van der Waals surface area contributed by atoms with E-state index in [1.807, 2.05) is 52.0 Å². The van der Waals surface area contributed by atoms with Gasteiger partial charge in [-0.1, -0.05) is 68.7 Å². The monoisotopic (exact) mass is 656 g/mol. The number of epoxide rings is 1. The van der Waals surface area contributed by atoms with Crippen molar-refractivity contribution in [2.45, 2.75) is 85.5 Å². The lowest BCUT2D eigenvalue weighted by atomic mass is 9.93. The summed E-state index contributed by atoms with van der Waals surface area (Å²) in [6.45, 7) is 17.6. The van der Waals surface area contributed by atoms with Gasteiger partial charge < -0.3 is 29.9 Å². The Labute approximate surface area is 278 Å². The lowest BCUT2D eigenvalue weighted by Crippen LogP contribution is -2.48. The number of aromatic nitrogens is 1. The van der Waals surface area contributed by atoms with Crippen LogP contribution in [0.2, 0.25) is 0 Å². The molecular weight excluding hydrogens is 604 g/mol. The van der Waals surface area contributed by atoms with E-state index in [2.05, 4.69) is 45.1 Å². The molecule has 0 spiro atoms. The molecule has 3 heterocycles. The molecule has 0 saturated carbocycles. The van der Waals surface area contributed by atoms with Gasteiger partial charge in [0, 0.05) is 25.2 Å². The number of amides is 3. The van der Waals surface area contributed by atoms with E-state index < -0.39 is 11.6 Å². The second-order valence-electron chi connectivity index (χ2n) is 11.6. The molecular formula is C34H52N6O7. The Balaban J connectivity index is 0.000000375. The van der Waals surface area contributed by atoms with E-state index in [1.165, 1.54) is 5.56 Å². The summed E-state index contributed by atoms with van der Waals surface area (Å²) in [6.07, 6.45) is 1.28. The third-order valence-corrected chi connectivity index (χ3v) is 6.79. The number of carbonyl (C=O) groups is 4. The fourth-order valence-corrected chi connectivity index (χ4v) is 4.20. The van der Waals surface area contributed by atoms with E-state index in [1.54, 1.807) is 19.9 Å². The van der Waals surface area contributed by atoms with Gasteiger partial charge in [0.05, 0.1) is 51.4 Å². The fraction of sp³-hybridized carbons (Fsp3) is 0.588. The van der Waals surface area contributed by atoms with Gasteiger partial charge in [-0.05, 0) is 33.1 Å². The smallest absolute Gasteiger partial charge is 0.273 e. The van der Waals surface area contributed by atoms with Crippen LogP contribution in [-0.4, -0.2) is 91.2 Å². The molecule has 2 saturated heterocycles. The van der Waals surface area contributed by atoms with E-state index in [4.69, 9.17) is 19.3 Å². The molecule has 4 rings (SSSR count). The highest BCUT2D eigenvalue weighted by molar-refractivity contribution is 5.96. The second kappa shape index (κ2) is 22.4. The number of ketones is 1. The summed E-state index contributed by atoms with van der Waals surface area (Å²) >= 11 is 0. The molecule has 13 heteroatoms. The maximum Gasteiger partial charge on any atom is 0.273 e. The molecule has 3 atom stereocenters. The zero-order valence-electron chi connectivity index (χ0n) is 28.8. The quantitative estimate of drug-likeness (QED) is 0.214. The van der Waals surface area contributed by atoms with Gasteiger partial charge in [-0.2, -0.15) is 5.26 Å². The maximum atomic E-state index is 12.1. The van der Waals surface area contributed by atoms with E-state index in [9.17, 15) is 19.2 Å². The van der Waals surface area contributed by atoms with E-state index in [-0.39, 0.29) is 48.2 Å². The van der Waals surface area contributed by atoms with Crippen molar-refractivity contribution in [1.29, 1.82) is 5.26 Å². The Hall–Kier alpha value is -4.12. The Morgan fingerprint density at radius 2 is 1.74 bits per heavy atom. The van der Waals surface area contributed by atoms with Crippen molar-refractivity contribution in [3.05, 3.63) is 53.4 Å². The molecule has 3 amide bonds. The van der Waals surface area contributed by atoms with Crippen molar-refractivity contribution in [2.75, 3.05) is 39.5 Å². The lowest BCUT2D eigenvalue weighted by molar-refractivity contribution is -0.130. The third kappa shape index (κ3) is 16.8. The van der Waals surface area contributed by atoms with Crippen LogP contribution in [0.5, 0.6) is 0 Å². The van der Waals surface area contributed by atoms with Crippen molar-refractivity contribution in [3.63, 3.8) is 0 Å². The van der Waals surface area contributed by atoms with Crippen LogP contribution in [0.3, 0.4) is 0 Å². The van der Waals surface area contributed by atoms with Gasteiger partial charge in [0.2, 0.25) is 12.3 Å². The van der Waals surface area contributed by atoms with Crippen LogP contribution in [0.15, 0.2) is 40.9 Å². The summed E-state index contributed by atoms with van der Waals surface area (Å²) in [5, 5.41) is 19.9. The average Bonchev–Trinajstić information content (AvgIpc) is 3.64. The van der Waals surface area contributed by atoms with E-state index in [0.29, 0.717) is 45.0 Å². The Morgan fingerprint density at radius 3 is 2.26 bits per heavy atom. The standard InChI is InChI=1S/C13H18N4O3.C12H20N2O4.C7H8.C2H6/c1-10(2-3-14)15-13(18)12-8-11(20-16-12)9-17-4-6-19-7-5-17;1-8(2)4-9(11(17)12(3)6-18-12)14-10(16)5-13-7-15;1-7-5-3-2-4-6-7;1-2/h8,10H,2,4-7,9H2,1H3,(H,15,18);7-9H,4-6H2,1-3H3,(H,13,15)(H,14,16);2-6H,1H3;1-2H3/t10-;9-,12+;;/m10../s1. The zero-order valence-corrected chi connectivity index (χ0v) is 28.8. The summed E-state index contributed by atoms with van der Waals surface area (Å²) in [5.74, 6) is 0.149. The zero-order chi connectivity index (χ0) is 35.2. The minimum Gasteiger partial charge on any atom is -0.379 e. The Bertz CT molecular complexity index is 1250. The van der Waals surface area contributed by atoms with Crippen LogP contribution >= 0.6 is 0 Å². The molecule has 0 radical (unpaired) electrons. The van der Waals surface area contributed by atoms with Crippen molar-refractivity contribution in [3.8, 4) is 6.07 Å². The summed E-state index contributed by atoms with van der Waals surface area (Å²) in [6, 6.07) is 13.2. The molecule has 0 aliphatic carbocycles. The van der Waals surface area contributed by atoms with Crippen molar-refractivity contribution in [1.82, 2.24) is 26.0 Å². The number of morpholine rings is 1. The first-order valence-corrected chi connectivity index (χ1v) is 16.1. The lowest BCUT2D eigenvalue weighted by Gasteiger charge is -2.25. The van der Waals surface area contributed by atoms with E-state index >= 15 is 0 Å². The first kappa shape index (κ1) is 40.9. The number of Topliss-reactive ketones (excluding diaryl/α,β-unsaturated/α-hetero) is 1. The van der Waals surface area contributed by atoms with Gasteiger partial charge >= 0.3 is 0 Å². The maximum absolute atomic E-state index is 12.1. The molecule has 0 unspecified atom stereocenters. The minimum absolute atomic E-state index is 0.101. The number of aryl methyl sites for hydroxylation is 1. The number of rotatable bonds is 13. The highest BCUT2D eigenvalue weighted by Crippen LogP contribution is 2.29. The molecule has 3 N–H and O–H groups in total. The number of hydrogen-bond acceptors (Lipinski definition) is 10. The van der Waals surface area contributed by atoms with Crippen LogP contribution in [-0.2, 0) is 30.4 Å². The van der Waals surface area contributed by atoms with E-state index in [0.717, 1.165) is 13.1 Å². The molecule has 260 valence electrons. The number of nitriles is 1. The predicted octanol–water partition coefficient (Wildman–Crippen LogP) is 3.18. The number of carbonyl (C=O) groups excluding carboxylic acids is 4. The predicted molar refractivity (Wildman–Crippen MR) is 177 cm³/mol. The number of ether oxygens (including phenoxy) is 2. The first-order valence-electron chi connectivity index (χ1n) is 16.1. The third-order valence-electron chi connectivity index (χ3n) is 6.79. The summed E-state index contributed by atoms with van der Waals surface area (Å²) in [5.41, 5.74) is 0.825. The molecule has 2 fully saturated rings. The molecule has 2 aliphatic heterocycles. The summed E-state index contributed by atoms with van der Waals surface area (Å²) < 4.78 is 15.6. The Morgan fingerprint density at radius 1 is 1.11 bits per heavy atom. The number of nitrogens with zero attached hydrogens (tertiary/aromatic N) is 3. The van der Waals surface area contributed by atoms with Gasteiger partial charge in [-0.15, -0.1) is 0 Å². The second-order valence-corrected chi connectivity index (χ2v) is 11.6. The van der Waals surface area contributed by atoms with Gasteiger partial charge in [0.25, 0.3) is 5.91 Å². The van der Waals surface area contributed by atoms with Crippen LogP contribution in [0.25, 0.3) is 0 Å². The molecule has 2 aromatic rings. The van der Waals surface area contributed by atoms with Crippen molar-refractivity contribution < 1.29 is 33.2 Å². The Kier molecular flexibility index (Phi) is 19.5. The molecule has 2 aliphatic rings. The highest BCUT2D eigenvalue weighted by atomic mass is 16.6. The summed E-state index contributed by atoms with van der Waals surface area (Å²) in [7, 11) is 0. The molecule has 47 heavy (non-hydrogen) atoms. The van der Waals surface area contributed by atoms with Gasteiger partial charge in [0.1, 0.15) is 5.60 Å². The fourth-order valence-electron chi connectivity index (χ4n) is 4.20. The van der Waals surface area contributed by atoms with Crippen molar-refractivity contribution in [2.24, 2.45) is 5.92 Å². The van der Waals surface area contributed by atoms with Crippen molar-refractivity contribution >= 4 is 24.0 Å². The SMILES string of the molecule is CC.CC(C)C[C@H](NC(=O)CNC=O)C(=O)[C@@]1(C)CO1.C[C@H](CC#N)NC(=O)c1cc(CN2CCOCC2)on1.Cc1ccccc1. The minimum atomic E-state index is -0.745. The topological polar surface area (TPSA) is 179 Å². The van der Waals surface area contributed by atoms with Gasteiger partial charge in [-0.3, -0.25) is 24.1 Å². The van der Waals surface area contributed by atoms with Crippen LogP contribution in [0, 0.1) is 24.2 Å². The molecule has 1 aromatic heterocycles. The van der Waals surface area contributed by atoms with Crippen LogP contribution in [0.1, 0.15) is 76.2 Å². The summed E-state index contributed by atoms with van der Waals surface area (Å²) in [4.78, 5) is 47.8. The van der Waals surface area contributed by atoms with Crippen LogP contribution in [0.4, 0.5) is 0 Å². The molecule has 0 bridgehead atoms. The average molecular weight is 657 g/mol. The highest BCUT2D eigenvalue weighted by Gasteiger charge is 2.50.